The minimum absolute atomic E-state index is 0.109. The van der Waals surface area contributed by atoms with E-state index in [1.165, 1.54) is 0 Å². The number of methoxy groups -OCH3 is 1. The highest BCUT2D eigenvalue weighted by atomic mass is 16.5. The summed E-state index contributed by atoms with van der Waals surface area (Å²) in [6.07, 6.45) is 7.76. The Morgan fingerprint density at radius 2 is 2.26 bits per heavy atom. The van der Waals surface area contributed by atoms with Crippen molar-refractivity contribution in [2.24, 2.45) is 0 Å². The first-order valence-electron chi connectivity index (χ1n) is 9.01. The fourth-order valence-electron chi connectivity index (χ4n) is 3.22. The third-order valence-corrected chi connectivity index (χ3v) is 4.47. The molecule has 0 saturated carbocycles. The number of aryl methyl sites for hydroxylation is 2. The van der Waals surface area contributed by atoms with Crippen molar-refractivity contribution in [2.45, 2.75) is 39.8 Å². The second-order valence-electron chi connectivity index (χ2n) is 6.58. The molecule has 0 spiro atoms. The molecule has 1 amide bonds. The number of ether oxygens (including phenoxy) is 1. The Bertz CT molecular complexity index is 827. The Kier molecular flexibility index (Phi) is 7.38. The largest absolute Gasteiger partial charge is 0.383 e. The van der Waals surface area contributed by atoms with E-state index in [0.717, 1.165) is 29.9 Å². The van der Waals surface area contributed by atoms with Crippen molar-refractivity contribution in [1.82, 2.24) is 19.4 Å². The number of nitrogens with zero attached hydrogens (tertiary/aromatic N) is 4. The van der Waals surface area contributed by atoms with Crippen LogP contribution in [0.1, 0.15) is 36.3 Å². The molecule has 0 radical (unpaired) electrons. The third-order valence-electron chi connectivity index (χ3n) is 4.47. The lowest BCUT2D eigenvalue weighted by Gasteiger charge is -2.17. The molecule has 2 aromatic heterocycles. The number of amides is 1. The Morgan fingerprint density at radius 3 is 2.89 bits per heavy atom. The maximum atomic E-state index is 12.3. The Morgan fingerprint density at radius 1 is 1.48 bits per heavy atom. The number of rotatable bonds is 9. The lowest BCUT2D eigenvalue weighted by atomic mass is 10.1. The van der Waals surface area contributed by atoms with Crippen LogP contribution in [0.15, 0.2) is 30.4 Å². The van der Waals surface area contributed by atoms with Gasteiger partial charge in [-0.2, -0.15) is 5.26 Å². The number of carbonyl (C=O) groups excluding carboxylic acids is 1. The SMILES string of the molecule is COCC(C)n1c(C)cc(/C=C(\C#N)C(=O)NCCCn2ccnc2)c1C. The number of nitriles is 1. The Balaban J connectivity index is 2.03. The van der Waals surface area contributed by atoms with Gasteiger partial charge in [0.1, 0.15) is 11.6 Å². The van der Waals surface area contributed by atoms with E-state index >= 15 is 0 Å². The molecule has 0 saturated heterocycles. The summed E-state index contributed by atoms with van der Waals surface area (Å²) in [5, 5.41) is 12.2. The summed E-state index contributed by atoms with van der Waals surface area (Å²) >= 11 is 0. The number of imidazole rings is 1. The molecule has 0 fully saturated rings. The average Bonchev–Trinajstić information content (AvgIpc) is 3.24. The van der Waals surface area contributed by atoms with Crippen LogP contribution >= 0.6 is 0 Å². The van der Waals surface area contributed by atoms with Crippen molar-refractivity contribution in [2.75, 3.05) is 20.3 Å². The fraction of sp³-hybridized carbons (Fsp3) is 0.450. The molecule has 27 heavy (non-hydrogen) atoms. The summed E-state index contributed by atoms with van der Waals surface area (Å²) in [6.45, 7) is 7.95. The average molecular weight is 369 g/mol. The number of carbonyl (C=O) groups is 1. The molecule has 7 heteroatoms. The Hall–Kier alpha value is -2.85. The van der Waals surface area contributed by atoms with Crippen LogP contribution in [-0.4, -0.2) is 40.3 Å². The molecule has 2 heterocycles. The maximum Gasteiger partial charge on any atom is 0.261 e. The normalized spacial score (nSPS) is 12.6. The molecular formula is C20H27N5O2. The van der Waals surface area contributed by atoms with Crippen LogP contribution in [0.2, 0.25) is 0 Å². The van der Waals surface area contributed by atoms with Gasteiger partial charge in [0.25, 0.3) is 5.91 Å². The van der Waals surface area contributed by atoms with E-state index in [-0.39, 0.29) is 17.5 Å². The number of hydrogen-bond donors (Lipinski definition) is 1. The van der Waals surface area contributed by atoms with Crippen molar-refractivity contribution in [1.29, 1.82) is 5.26 Å². The first-order valence-corrected chi connectivity index (χ1v) is 9.01. The van der Waals surface area contributed by atoms with E-state index in [4.69, 9.17) is 4.74 Å². The summed E-state index contributed by atoms with van der Waals surface area (Å²) in [5.41, 5.74) is 3.07. The van der Waals surface area contributed by atoms with Gasteiger partial charge in [-0.15, -0.1) is 0 Å². The van der Waals surface area contributed by atoms with Gasteiger partial charge in [-0.25, -0.2) is 4.98 Å². The molecule has 1 N–H and O–H groups in total. The molecule has 0 aliphatic rings. The van der Waals surface area contributed by atoms with Gasteiger partial charge in [0.15, 0.2) is 0 Å². The van der Waals surface area contributed by atoms with Gasteiger partial charge in [0, 0.05) is 44.0 Å². The molecule has 0 bridgehead atoms. The number of hydrogen-bond acceptors (Lipinski definition) is 4. The van der Waals surface area contributed by atoms with E-state index in [9.17, 15) is 10.1 Å². The molecule has 1 atom stereocenters. The van der Waals surface area contributed by atoms with Gasteiger partial charge in [-0.1, -0.05) is 0 Å². The lowest BCUT2D eigenvalue weighted by molar-refractivity contribution is -0.117. The van der Waals surface area contributed by atoms with Crippen LogP contribution in [0.3, 0.4) is 0 Å². The van der Waals surface area contributed by atoms with E-state index < -0.39 is 0 Å². The third kappa shape index (κ3) is 5.31. The highest BCUT2D eigenvalue weighted by molar-refractivity contribution is 6.01. The maximum absolute atomic E-state index is 12.3. The molecule has 0 aliphatic heterocycles. The second-order valence-corrected chi connectivity index (χ2v) is 6.58. The zero-order chi connectivity index (χ0) is 19.8. The van der Waals surface area contributed by atoms with Crippen molar-refractivity contribution in [3.05, 3.63) is 47.3 Å². The molecule has 0 aliphatic carbocycles. The van der Waals surface area contributed by atoms with E-state index in [0.29, 0.717) is 13.2 Å². The second kappa shape index (κ2) is 9.74. The fourth-order valence-corrected chi connectivity index (χ4v) is 3.22. The highest BCUT2D eigenvalue weighted by Gasteiger charge is 2.15. The molecule has 2 aromatic rings. The molecule has 1 unspecified atom stereocenters. The van der Waals surface area contributed by atoms with Crippen LogP contribution in [-0.2, 0) is 16.1 Å². The predicted molar refractivity (Wildman–Crippen MR) is 104 cm³/mol. The first-order chi connectivity index (χ1) is 13.0. The van der Waals surface area contributed by atoms with E-state index in [1.807, 2.05) is 36.7 Å². The summed E-state index contributed by atoms with van der Waals surface area (Å²) < 4.78 is 9.35. The van der Waals surface area contributed by atoms with Gasteiger partial charge < -0.3 is 19.2 Å². The summed E-state index contributed by atoms with van der Waals surface area (Å²) in [4.78, 5) is 16.3. The molecule has 7 nitrogen and oxygen atoms in total. The van der Waals surface area contributed by atoms with Gasteiger partial charge in [0.2, 0.25) is 0 Å². The minimum Gasteiger partial charge on any atom is -0.383 e. The molecule has 144 valence electrons. The van der Waals surface area contributed by atoms with Gasteiger partial charge >= 0.3 is 0 Å². The highest BCUT2D eigenvalue weighted by Crippen LogP contribution is 2.22. The topological polar surface area (TPSA) is 84.9 Å². The van der Waals surface area contributed by atoms with Crippen LogP contribution in [0.5, 0.6) is 0 Å². The first kappa shape index (κ1) is 20.5. The Labute approximate surface area is 160 Å². The molecule has 2 rings (SSSR count). The van der Waals surface area contributed by atoms with Gasteiger partial charge in [0.05, 0.1) is 19.0 Å². The number of nitrogens with one attached hydrogen (secondary N) is 1. The quantitative estimate of drug-likeness (QED) is 0.418. The van der Waals surface area contributed by atoms with Gasteiger partial charge in [-0.3, -0.25) is 4.79 Å². The predicted octanol–water partition coefficient (Wildman–Crippen LogP) is 2.62. The van der Waals surface area contributed by atoms with E-state index in [2.05, 4.69) is 21.8 Å². The molecule has 0 aromatic carbocycles. The zero-order valence-electron chi connectivity index (χ0n) is 16.4. The summed E-state index contributed by atoms with van der Waals surface area (Å²) in [6, 6.07) is 4.19. The van der Waals surface area contributed by atoms with Crippen molar-refractivity contribution in [3.8, 4) is 6.07 Å². The van der Waals surface area contributed by atoms with Crippen LogP contribution in [0.25, 0.3) is 6.08 Å². The monoisotopic (exact) mass is 369 g/mol. The van der Waals surface area contributed by atoms with Gasteiger partial charge in [-0.05, 0) is 44.9 Å². The minimum atomic E-state index is -0.349. The van der Waals surface area contributed by atoms with E-state index in [1.54, 1.807) is 25.7 Å². The smallest absolute Gasteiger partial charge is 0.261 e. The summed E-state index contributed by atoms with van der Waals surface area (Å²) in [7, 11) is 1.68. The van der Waals surface area contributed by atoms with Crippen molar-refractivity contribution < 1.29 is 9.53 Å². The summed E-state index contributed by atoms with van der Waals surface area (Å²) in [5.74, 6) is -0.349. The van der Waals surface area contributed by atoms with Crippen molar-refractivity contribution >= 4 is 12.0 Å². The zero-order valence-corrected chi connectivity index (χ0v) is 16.4. The number of aromatic nitrogens is 3. The van der Waals surface area contributed by atoms with Crippen LogP contribution in [0.4, 0.5) is 0 Å². The van der Waals surface area contributed by atoms with Crippen LogP contribution in [0, 0.1) is 25.2 Å². The lowest BCUT2D eigenvalue weighted by Crippen LogP contribution is -2.26. The standard InChI is InChI=1S/C20H27N5O2/c1-15-10-18(17(3)25(15)16(2)13-27-4)11-19(12-21)20(26)23-6-5-8-24-9-7-22-14-24/h7,9-11,14,16H,5-6,8,13H2,1-4H3,(H,23,26)/b19-11+. The molecular weight excluding hydrogens is 342 g/mol. The van der Waals surface area contributed by atoms with Crippen LogP contribution < -0.4 is 5.32 Å². The van der Waals surface area contributed by atoms with Crippen molar-refractivity contribution in [3.63, 3.8) is 0 Å².